The van der Waals surface area contributed by atoms with Crippen LogP contribution in [-0.4, -0.2) is 26.1 Å². The van der Waals surface area contributed by atoms with Crippen LogP contribution in [0.2, 0.25) is 0 Å². The molecule has 0 aliphatic rings. The van der Waals surface area contributed by atoms with Crippen molar-refractivity contribution < 1.29 is 0 Å². The number of aromatic nitrogens is 4. The predicted molar refractivity (Wildman–Crippen MR) is 78.9 cm³/mol. The topological polar surface area (TPSA) is 47.7 Å². The highest BCUT2D eigenvalue weighted by Gasteiger charge is 2.22. The maximum absolute atomic E-state index is 4.40. The first-order chi connectivity index (χ1) is 9.17. The number of aryl methyl sites for hydroxylation is 2. The second-order valence-corrected chi connectivity index (χ2v) is 5.38. The molecule has 6 heteroatoms. The Morgan fingerprint density at radius 3 is 2.68 bits per heavy atom. The molecule has 0 bridgehead atoms. The molecule has 104 valence electrons. The Bertz CT molecular complexity index is 531. The molecule has 1 unspecified atom stereocenters. The Balaban J connectivity index is 2.39. The zero-order valence-electron chi connectivity index (χ0n) is 11.6. The van der Waals surface area contributed by atoms with E-state index >= 15 is 0 Å². The van der Waals surface area contributed by atoms with Gasteiger partial charge in [0.05, 0.1) is 28.6 Å². The van der Waals surface area contributed by atoms with Crippen LogP contribution in [0, 0.1) is 0 Å². The normalized spacial score (nSPS) is 12.8. The minimum absolute atomic E-state index is 0.116. The molecule has 5 nitrogen and oxygen atoms in total. The molecule has 2 heterocycles. The molecular weight excluding hydrogens is 306 g/mol. The van der Waals surface area contributed by atoms with E-state index < -0.39 is 0 Å². The first-order valence-electron chi connectivity index (χ1n) is 6.60. The third-order valence-electron chi connectivity index (χ3n) is 3.06. The summed E-state index contributed by atoms with van der Waals surface area (Å²) in [4.78, 5) is 0. The highest BCUT2D eigenvalue weighted by Crippen LogP contribution is 2.28. The molecule has 0 saturated carbocycles. The molecule has 2 aromatic heterocycles. The first kappa shape index (κ1) is 14.3. The van der Waals surface area contributed by atoms with E-state index in [1.807, 2.05) is 35.0 Å². The molecule has 2 aromatic rings. The van der Waals surface area contributed by atoms with Crippen molar-refractivity contribution >= 4 is 15.9 Å². The molecule has 19 heavy (non-hydrogen) atoms. The third-order valence-corrected chi connectivity index (χ3v) is 3.67. The summed E-state index contributed by atoms with van der Waals surface area (Å²) in [7, 11) is 1.94. The molecular formula is C13H20BrN5. The van der Waals surface area contributed by atoms with Gasteiger partial charge in [-0.1, -0.05) is 6.92 Å². The van der Waals surface area contributed by atoms with Crippen LogP contribution in [0.1, 0.15) is 37.6 Å². The van der Waals surface area contributed by atoms with E-state index in [2.05, 4.69) is 45.3 Å². The lowest BCUT2D eigenvalue weighted by atomic mass is 10.1. The van der Waals surface area contributed by atoms with Crippen molar-refractivity contribution in [1.82, 2.24) is 24.9 Å². The average Bonchev–Trinajstić information content (AvgIpc) is 2.98. The maximum atomic E-state index is 4.40. The highest BCUT2D eigenvalue weighted by atomic mass is 79.9. The number of hydrogen-bond acceptors (Lipinski definition) is 3. The number of nitrogens with zero attached hydrogens (tertiary/aromatic N) is 4. The summed E-state index contributed by atoms with van der Waals surface area (Å²) in [6.45, 7) is 6.08. The Labute approximate surface area is 122 Å². The summed E-state index contributed by atoms with van der Waals surface area (Å²) in [6, 6.07) is 0.116. The molecule has 0 aromatic carbocycles. The van der Waals surface area contributed by atoms with Gasteiger partial charge in [0.2, 0.25) is 0 Å². The number of hydrogen-bond donors (Lipinski definition) is 1. The Morgan fingerprint density at radius 2 is 2.11 bits per heavy atom. The van der Waals surface area contributed by atoms with Crippen LogP contribution in [-0.2, 0) is 13.6 Å². The number of halogens is 1. The van der Waals surface area contributed by atoms with Gasteiger partial charge >= 0.3 is 0 Å². The molecule has 0 fully saturated rings. The molecule has 0 spiro atoms. The van der Waals surface area contributed by atoms with E-state index in [9.17, 15) is 0 Å². The van der Waals surface area contributed by atoms with Gasteiger partial charge in [-0.2, -0.15) is 10.2 Å². The maximum Gasteiger partial charge on any atom is 0.0790 e. The zero-order chi connectivity index (χ0) is 13.8. The van der Waals surface area contributed by atoms with Crippen molar-refractivity contribution in [1.29, 1.82) is 0 Å². The lowest BCUT2D eigenvalue weighted by Crippen LogP contribution is -2.25. The molecule has 0 aliphatic heterocycles. The standard InChI is InChI=1S/C13H20BrN5/c1-4-6-15-12(10-7-16-18(3)9-10)13-11(14)8-17-19(13)5-2/h7-9,12,15H,4-6H2,1-3H3. The van der Waals surface area contributed by atoms with E-state index in [-0.39, 0.29) is 6.04 Å². The van der Waals surface area contributed by atoms with Crippen LogP contribution in [0.4, 0.5) is 0 Å². The molecule has 1 atom stereocenters. The van der Waals surface area contributed by atoms with E-state index in [0.717, 1.165) is 35.2 Å². The minimum atomic E-state index is 0.116. The van der Waals surface area contributed by atoms with Crippen molar-refractivity contribution in [3.63, 3.8) is 0 Å². The van der Waals surface area contributed by atoms with Crippen LogP contribution in [0.3, 0.4) is 0 Å². The Hall–Kier alpha value is -1.14. The van der Waals surface area contributed by atoms with Crippen LogP contribution < -0.4 is 5.32 Å². The van der Waals surface area contributed by atoms with Crippen LogP contribution >= 0.6 is 15.9 Å². The third kappa shape index (κ3) is 3.06. The summed E-state index contributed by atoms with van der Waals surface area (Å²) in [5, 5.41) is 12.2. The minimum Gasteiger partial charge on any atom is -0.305 e. The van der Waals surface area contributed by atoms with Crippen LogP contribution in [0.25, 0.3) is 0 Å². The fraction of sp³-hybridized carbons (Fsp3) is 0.538. The molecule has 1 N–H and O–H groups in total. The van der Waals surface area contributed by atoms with Crippen molar-refractivity contribution in [2.45, 2.75) is 32.9 Å². The zero-order valence-corrected chi connectivity index (χ0v) is 13.2. The Morgan fingerprint density at radius 1 is 1.32 bits per heavy atom. The van der Waals surface area contributed by atoms with Gasteiger partial charge in [0.15, 0.2) is 0 Å². The summed E-state index contributed by atoms with van der Waals surface area (Å²) < 4.78 is 4.88. The summed E-state index contributed by atoms with van der Waals surface area (Å²) in [5.74, 6) is 0. The summed E-state index contributed by atoms with van der Waals surface area (Å²) in [5.41, 5.74) is 2.32. The van der Waals surface area contributed by atoms with Gasteiger partial charge in [-0.05, 0) is 35.8 Å². The van der Waals surface area contributed by atoms with E-state index in [1.54, 1.807) is 0 Å². The predicted octanol–water partition coefficient (Wildman–Crippen LogP) is 2.49. The van der Waals surface area contributed by atoms with Gasteiger partial charge < -0.3 is 5.32 Å². The molecule has 2 rings (SSSR count). The smallest absolute Gasteiger partial charge is 0.0790 e. The Kier molecular flexibility index (Phi) is 4.76. The quantitative estimate of drug-likeness (QED) is 0.887. The van der Waals surface area contributed by atoms with E-state index in [1.165, 1.54) is 0 Å². The molecule has 0 amide bonds. The summed E-state index contributed by atoms with van der Waals surface area (Å²) in [6.07, 6.45) is 6.91. The van der Waals surface area contributed by atoms with E-state index in [4.69, 9.17) is 0 Å². The second kappa shape index (κ2) is 6.34. The van der Waals surface area contributed by atoms with Crippen molar-refractivity contribution in [3.8, 4) is 0 Å². The number of rotatable bonds is 6. The van der Waals surface area contributed by atoms with Crippen LogP contribution in [0.5, 0.6) is 0 Å². The van der Waals surface area contributed by atoms with Crippen molar-refractivity contribution in [2.75, 3.05) is 6.54 Å². The second-order valence-electron chi connectivity index (χ2n) is 4.53. The summed E-state index contributed by atoms with van der Waals surface area (Å²) >= 11 is 3.60. The van der Waals surface area contributed by atoms with Gasteiger partial charge in [-0.15, -0.1) is 0 Å². The van der Waals surface area contributed by atoms with Gasteiger partial charge in [-0.3, -0.25) is 9.36 Å². The van der Waals surface area contributed by atoms with Gasteiger partial charge in [0.25, 0.3) is 0 Å². The molecule has 0 aliphatic carbocycles. The molecule has 0 radical (unpaired) electrons. The fourth-order valence-electron chi connectivity index (χ4n) is 2.16. The SMILES string of the molecule is CCCNC(c1cnn(C)c1)c1c(Br)cnn1CC. The van der Waals surface area contributed by atoms with E-state index in [0.29, 0.717) is 0 Å². The monoisotopic (exact) mass is 325 g/mol. The highest BCUT2D eigenvalue weighted by molar-refractivity contribution is 9.10. The van der Waals surface area contributed by atoms with Gasteiger partial charge in [0, 0.05) is 25.4 Å². The van der Waals surface area contributed by atoms with Crippen LogP contribution in [0.15, 0.2) is 23.1 Å². The van der Waals surface area contributed by atoms with Gasteiger partial charge in [0.1, 0.15) is 0 Å². The number of nitrogens with one attached hydrogen (secondary N) is 1. The van der Waals surface area contributed by atoms with Gasteiger partial charge in [-0.25, -0.2) is 0 Å². The van der Waals surface area contributed by atoms with Crippen molar-refractivity contribution in [2.24, 2.45) is 7.05 Å². The average molecular weight is 326 g/mol. The first-order valence-corrected chi connectivity index (χ1v) is 7.39. The lowest BCUT2D eigenvalue weighted by molar-refractivity contribution is 0.528. The van der Waals surface area contributed by atoms with Crippen molar-refractivity contribution in [3.05, 3.63) is 34.3 Å². The largest absolute Gasteiger partial charge is 0.305 e. The lowest BCUT2D eigenvalue weighted by Gasteiger charge is -2.19. The molecule has 0 saturated heterocycles. The fourth-order valence-corrected chi connectivity index (χ4v) is 2.69.